The molecule has 0 amide bonds. The Kier molecular flexibility index (Phi) is 2.27. The van der Waals surface area contributed by atoms with E-state index in [0.717, 1.165) is 12.8 Å². The van der Waals surface area contributed by atoms with Gasteiger partial charge in [-0.05, 0) is 19.8 Å². The summed E-state index contributed by atoms with van der Waals surface area (Å²) in [6.45, 7) is 1.87. The Balaban J connectivity index is 2.26. The summed E-state index contributed by atoms with van der Waals surface area (Å²) < 4.78 is -0.541. The lowest BCUT2D eigenvalue weighted by atomic mass is 10.0. The van der Waals surface area contributed by atoms with Gasteiger partial charge in [0.2, 0.25) is 5.12 Å². The minimum absolute atomic E-state index is 0.0659. The molecule has 2 rings (SSSR count). The molecule has 2 nitrogen and oxygen atoms in total. The van der Waals surface area contributed by atoms with Crippen LogP contribution in [0.15, 0.2) is 35.6 Å². The van der Waals surface area contributed by atoms with Crippen molar-refractivity contribution in [3.63, 3.8) is 0 Å². The van der Waals surface area contributed by atoms with Gasteiger partial charge in [-0.2, -0.15) is 0 Å². The summed E-state index contributed by atoms with van der Waals surface area (Å²) in [7, 11) is 0. The van der Waals surface area contributed by atoms with Crippen molar-refractivity contribution in [2.75, 3.05) is 0 Å². The molecule has 14 heavy (non-hydrogen) atoms. The van der Waals surface area contributed by atoms with Crippen LogP contribution in [0.5, 0.6) is 0 Å². The monoisotopic (exact) mass is 208 g/mol. The van der Waals surface area contributed by atoms with E-state index < -0.39 is 4.75 Å². The molecule has 1 aliphatic carbocycles. The Labute approximate surface area is 87.4 Å². The van der Waals surface area contributed by atoms with Crippen LogP contribution in [0.25, 0.3) is 0 Å². The molecule has 0 bridgehead atoms. The van der Waals surface area contributed by atoms with Gasteiger partial charge in [0.25, 0.3) is 0 Å². The van der Waals surface area contributed by atoms with E-state index in [2.05, 4.69) is 12.2 Å². The number of hydrogen-bond donors (Lipinski definition) is 1. The summed E-state index contributed by atoms with van der Waals surface area (Å²) in [6, 6.07) is 0. The number of carbonyl (C=O) groups excluding carboxylic acids is 1. The van der Waals surface area contributed by atoms with Crippen LogP contribution in [0, 0.1) is 0 Å². The van der Waals surface area contributed by atoms with Crippen molar-refractivity contribution in [1.29, 1.82) is 0 Å². The van der Waals surface area contributed by atoms with Crippen molar-refractivity contribution in [2.45, 2.75) is 24.5 Å². The fourth-order valence-corrected chi connectivity index (χ4v) is 2.65. The molecule has 1 heterocycles. The average molecular weight is 208 g/mol. The first-order valence-corrected chi connectivity index (χ1v) is 5.44. The third-order valence-electron chi connectivity index (χ3n) is 2.47. The molecular formula is C11H12O2S. The number of aliphatic hydroxyl groups excluding tert-OH is 1. The van der Waals surface area contributed by atoms with Crippen LogP contribution in [0.3, 0.4) is 0 Å². The normalized spacial score (nSPS) is 34.2. The molecule has 0 unspecified atom stereocenters. The Bertz CT molecular complexity index is 365. The average Bonchev–Trinajstić information content (AvgIpc) is 2.62. The standard InChI is InChI=1S/C11H12O2S/c1-11(7-8-4-2-3-5-8)9(12)6-10(13)14-11/h2,4,6-7,12H,3,5H2,1H3/b8-7-/t11-/m1/s1. The zero-order valence-electron chi connectivity index (χ0n) is 7.99. The van der Waals surface area contributed by atoms with Gasteiger partial charge in [-0.15, -0.1) is 0 Å². The summed E-state index contributed by atoms with van der Waals surface area (Å²) in [4.78, 5) is 11.1. The van der Waals surface area contributed by atoms with Gasteiger partial charge < -0.3 is 5.11 Å². The quantitative estimate of drug-likeness (QED) is 0.720. The molecule has 0 aromatic carbocycles. The van der Waals surface area contributed by atoms with Crippen LogP contribution in [0.1, 0.15) is 19.8 Å². The van der Waals surface area contributed by atoms with Crippen LogP contribution in [0.2, 0.25) is 0 Å². The second-order valence-electron chi connectivity index (χ2n) is 3.72. The molecule has 2 aliphatic rings. The molecule has 1 atom stereocenters. The first-order chi connectivity index (χ1) is 6.60. The van der Waals surface area contributed by atoms with Gasteiger partial charge in [-0.1, -0.05) is 35.6 Å². The predicted octanol–water partition coefficient (Wildman–Crippen LogP) is 2.74. The van der Waals surface area contributed by atoms with E-state index in [0.29, 0.717) is 0 Å². The molecule has 0 saturated heterocycles. The number of rotatable bonds is 1. The molecule has 74 valence electrons. The van der Waals surface area contributed by atoms with Gasteiger partial charge in [0.15, 0.2) is 0 Å². The Hall–Kier alpha value is -0.960. The highest BCUT2D eigenvalue weighted by molar-refractivity contribution is 8.15. The lowest BCUT2D eigenvalue weighted by Crippen LogP contribution is -2.17. The van der Waals surface area contributed by atoms with Gasteiger partial charge >= 0.3 is 0 Å². The number of hydrogen-bond acceptors (Lipinski definition) is 3. The molecule has 0 spiro atoms. The number of allylic oxidation sites excluding steroid dienone is 3. The van der Waals surface area contributed by atoms with Crippen LogP contribution in [-0.4, -0.2) is 15.0 Å². The molecule has 3 heteroatoms. The van der Waals surface area contributed by atoms with Crippen molar-refractivity contribution < 1.29 is 9.90 Å². The van der Waals surface area contributed by atoms with Crippen molar-refractivity contribution in [1.82, 2.24) is 0 Å². The molecule has 0 radical (unpaired) electrons. The zero-order valence-corrected chi connectivity index (χ0v) is 8.80. The van der Waals surface area contributed by atoms with Crippen LogP contribution >= 0.6 is 11.8 Å². The topological polar surface area (TPSA) is 37.3 Å². The smallest absolute Gasteiger partial charge is 0.216 e. The Morgan fingerprint density at radius 1 is 1.64 bits per heavy atom. The first-order valence-electron chi connectivity index (χ1n) is 4.62. The third-order valence-corrected chi connectivity index (χ3v) is 3.54. The summed E-state index contributed by atoms with van der Waals surface area (Å²) in [6.07, 6.45) is 9.53. The number of carbonyl (C=O) groups is 1. The van der Waals surface area contributed by atoms with Crippen LogP contribution < -0.4 is 0 Å². The molecule has 1 N–H and O–H groups in total. The molecule has 0 fully saturated rings. The van der Waals surface area contributed by atoms with Crippen molar-refractivity contribution in [3.8, 4) is 0 Å². The van der Waals surface area contributed by atoms with Crippen LogP contribution in [0.4, 0.5) is 0 Å². The Morgan fingerprint density at radius 3 is 2.93 bits per heavy atom. The van der Waals surface area contributed by atoms with Crippen LogP contribution in [-0.2, 0) is 4.79 Å². The van der Waals surface area contributed by atoms with Gasteiger partial charge in [-0.3, -0.25) is 4.79 Å². The summed E-state index contributed by atoms with van der Waals surface area (Å²) in [5.74, 6) is 0.167. The summed E-state index contributed by atoms with van der Waals surface area (Å²) in [5.41, 5.74) is 1.20. The van der Waals surface area contributed by atoms with E-state index >= 15 is 0 Å². The number of aliphatic hydroxyl groups is 1. The van der Waals surface area contributed by atoms with Crippen molar-refractivity contribution >= 4 is 16.9 Å². The highest BCUT2D eigenvalue weighted by Gasteiger charge is 2.36. The lowest BCUT2D eigenvalue weighted by Gasteiger charge is -2.18. The molecule has 0 aromatic rings. The predicted molar refractivity (Wildman–Crippen MR) is 58.2 cm³/mol. The largest absolute Gasteiger partial charge is 0.510 e. The highest BCUT2D eigenvalue weighted by Crippen LogP contribution is 2.41. The maximum atomic E-state index is 11.1. The van der Waals surface area contributed by atoms with E-state index in [9.17, 15) is 9.90 Å². The zero-order chi connectivity index (χ0) is 10.2. The van der Waals surface area contributed by atoms with E-state index in [1.807, 2.05) is 13.0 Å². The van der Waals surface area contributed by atoms with E-state index in [4.69, 9.17) is 0 Å². The van der Waals surface area contributed by atoms with Gasteiger partial charge in [0.05, 0.1) is 4.75 Å². The highest BCUT2D eigenvalue weighted by atomic mass is 32.2. The summed E-state index contributed by atoms with van der Waals surface area (Å²) in [5, 5.41) is 9.56. The van der Waals surface area contributed by atoms with Crippen molar-refractivity contribution in [3.05, 3.63) is 35.6 Å². The maximum absolute atomic E-state index is 11.1. The first kappa shape index (κ1) is 9.59. The third kappa shape index (κ3) is 1.64. The van der Waals surface area contributed by atoms with Crippen molar-refractivity contribution in [2.24, 2.45) is 0 Å². The number of thioether (sulfide) groups is 1. The maximum Gasteiger partial charge on any atom is 0.216 e. The fraction of sp³-hybridized carbons (Fsp3) is 0.364. The Morgan fingerprint density at radius 2 is 2.43 bits per heavy atom. The minimum atomic E-state index is -0.541. The van der Waals surface area contributed by atoms with Gasteiger partial charge in [-0.25, -0.2) is 0 Å². The molecule has 0 saturated carbocycles. The molecular weight excluding hydrogens is 196 g/mol. The lowest BCUT2D eigenvalue weighted by molar-refractivity contribution is -0.106. The van der Waals surface area contributed by atoms with Gasteiger partial charge in [0, 0.05) is 6.08 Å². The van der Waals surface area contributed by atoms with E-state index in [1.165, 1.54) is 23.4 Å². The second-order valence-corrected chi connectivity index (χ2v) is 5.17. The molecule has 1 aliphatic heterocycles. The van der Waals surface area contributed by atoms with E-state index in [1.54, 1.807) is 0 Å². The molecule has 0 aromatic heterocycles. The second kappa shape index (κ2) is 3.31. The summed E-state index contributed by atoms with van der Waals surface area (Å²) >= 11 is 1.17. The van der Waals surface area contributed by atoms with E-state index in [-0.39, 0.29) is 10.9 Å². The minimum Gasteiger partial charge on any atom is -0.510 e. The van der Waals surface area contributed by atoms with Gasteiger partial charge in [0.1, 0.15) is 5.76 Å². The SMILES string of the molecule is C[C@]1(/C=C2/C=CCC2)SC(=O)C=C1O. The fourth-order valence-electron chi connectivity index (χ4n) is 1.69.